The van der Waals surface area contributed by atoms with Crippen molar-refractivity contribution in [1.82, 2.24) is 0 Å². The molecule has 2 unspecified atom stereocenters. The number of carbonyl (C=O) groups is 1. The lowest BCUT2D eigenvalue weighted by molar-refractivity contribution is -0.123. The monoisotopic (exact) mass is 217 g/mol. The van der Waals surface area contributed by atoms with Crippen LogP contribution in [-0.4, -0.2) is 11.8 Å². The van der Waals surface area contributed by atoms with Crippen molar-refractivity contribution in [2.75, 3.05) is 0 Å². The number of hydrogen-bond acceptors (Lipinski definition) is 2. The van der Waals surface area contributed by atoms with Crippen molar-refractivity contribution >= 4 is 5.78 Å². The number of rotatable bonds is 4. The number of carbonyl (C=O) groups excluding carboxylic acids is 1. The molecule has 0 heterocycles. The quantitative estimate of drug-likeness (QED) is 0.841. The van der Waals surface area contributed by atoms with Gasteiger partial charge in [-0.05, 0) is 24.8 Å². The molecule has 2 atom stereocenters. The van der Waals surface area contributed by atoms with Crippen LogP contribution in [0.1, 0.15) is 31.2 Å². The first-order chi connectivity index (χ1) is 7.77. The largest absolute Gasteiger partial charge is 0.327 e. The second kappa shape index (κ2) is 5.26. The molecule has 0 spiro atoms. The third kappa shape index (κ3) is 2.70. The highest BCUT2D eigenvalue weighted by Crippen LogP contribution is 2.26. The standard InChI is InChI=1S/C14H19NO/c15-13-8-4-7-12(13)14(16)10-9-11-5-2-1-3-6-11/h1-3,5-6,12-13H,4,7-10,15H2. The minimum atomic E-state index is 0.114. The van der Waals surface area contributed by atoms with Gasteiger partial charge in [0.15, 0.2) is 0 Å². The number of nitrogens with two attached hydrogens (primary N) is 1. The lowest BCUT2D eigenvalue weighted by atomic mass is 9.94. The summed E-state index contributed by atoms with van der Waals surface area (Å²) in [5, 5.41) is 0. The van der Waals surface area contributed by atoms with E-state index in [1.54, 1.807) is 0 Å². The third-order valence-corrected chi connectivity index (χ3v) is 3.49. The van der Waals surface area contributed by atoms with Gasteiger partial charge in [0.2, 0.25) is 0 Å². The molecular formula is C14H19NO. The van der Waals surface area contributed by atoms with Crippen LogP contribution in [0.25, 0.3) is 0 Å². The Labute approximate surface area is 96.8 Å². The van der Waals surface area contributed by atoms with Crippen LogP contribution in [0, 0.1) is 5.92 Å². The van der Waals surface area contributed by atoms with Gasteiger partial charge in [0.05, 0.1) is 0 Å². The minimum absolute atomic E-state index is 0.114. The molecule has 0 aliphatic heterocycles. The summed E-state index contributed by atoms with van der Waals surface area (Å²) in [5.74, 6) is 0.484. The Kier molecular flexibility index (Phi) is 3.73. The Hall–Kier alpha value is -1.15. The highest BCUT2D eigenvalue weighted by molar-refractivity contribution is 5.82. The zero-order valence-corrected chi connectivity index (χ0v) is 9.56. The first kappa shape index (κ1) is 11.3. The summed E-state index contributed by atoms with van der Waals surface area (Å²) in [6.07, 6.45) is 4.62. The highest BCUT2D eigenvalue weighted by Gasteiger charge is 2.29. The van der Waals surface area contributed by atoms with Crippen molar-refractivity contribution in [1.29, 1.82) is 0 Å². The maximum atomic E-state index is 11.9. The SMILES string of the molecule is NC1CCCC1C(=O)CCc1ccccc1. The van der Waals surface area contributed by atoms with Crippen LogP contribution in [-0.2, 0) is 11.2 Å². The van der Waals surface area contributed by atoms with Gasteiger partial charge in [0, 0.05) is 18.4 Å². The molecule has 0 aromatic heterocycles. The topological polar surface area (TPSA) is 43.1 Å². The van der Waals surface area contributed by atoms with Crippen LogP contribution in [0.5, 0.6) is 0 Å². The van der Waals surface area contributed by atoms with Crippen LogP contribution in [0.4, 0.5) is 0 Å². The van der Waals surface area contributed by atoms with E-state index in [-0.39, 0.29) is 12.0 Å². The van der Waals surface area contributed by atoms with E-state index in [1.807, 2.05) is 18.2 Å². The number of benzene rings is 1. The molecule has 0 saturated heterocycles. The fourth-order valence-electron chi connectivity index (χ4n) is 2.49. The molecule has 2 heteroatoms. The molecule has 1 fully saturated rings. The lowest BCUT2D eigenvalue weighted by Crippen LogP contribution is -2.30. The molecule has 0 radical (unpaired) electrons. The van der Waals surface area contributed by atoms with Gasteiger partial charge in [0.25, 0.3) is 0 Å². The van der Waals surface area contributed by atoms with Gasteiger partial charge in [-0.1, -0.05) is 36.8 Å². The van der Waals surface area contributed by atoms with Gasteiger partial charge in [-0.2, -0.15) is 0 Å². The molecule has 0 bridgehead atoms. The van der Waals surface area contributed by atoms with Crippen molar-refractivity contribution in [2.24, 2.45) is 11.7 Å². The van der Waals surface area contributed by atoms with Gasteiger partial charge < -0.3 is 5.73 Å². The predicted molar refractivity (Wildman–Crippen MR) is 65.1 cm³/mol. The molecule has 16 heavy (non-hydrogen) atoms. The normalized spacial score (nSPS) is 24.6. The molecule has 0 amide bonds. The molecule has 1 saturated carbocycles. The predicted octanol–water partition coefficient (Wildman–Crippen LogP) is 2.32. The average molecular weight is 217 g/mol. The number of aryl methyl sites for hydroxylation is 1. The zero-order valence-electron chi connectivity index (χ0n) is 9.56. The van der Waals surface area contributed by atoms with Crippen LogP contribution in [0.3, 0.4) is 0 Å². The Morgan fingerprint density at radius 3 is 2.62 bits per heavy atom. The van der Waals surface area contributed by atoms with E-state index >= 15 is 0 Å². The molecule has 2 rings (SSSR count). The molecule has 1 aromatic rings. The maximum Gasteiger partial charge on any atom is 0.137 e. The number of hydrogen-bond donors (Lipinski definition) is 1. The summed E-state index contributed by atoms with van der Waals surface area (Å²) in [4.78, 5) is 11.9. The lowest BCUT2D eigenvalue weighted by Gasteiger charge is -2.13. The van der Waals surface area contributed by atoms with Crippen LogP contribution < -0.4 is 5.73 Å². The van der Waals surface area contributed by atoms with Gasteiger partial charge in [-0.3, -0.25) is 4.79 Å². The summed E-state index contributed by atoms with van der Waals surface area (Å²) in [6.45, 7) is 0. The molecule has 1 aliphatic rings. The summed E-state index contributed by atoms with van der Waals surface area (Å²) < 4.78 is 0. The van der Waals surface area contributed by atoms with E-state index in [1.165, 1.54) is 5.56 Å². The molecule has 86 valence electrons. The molecular weight excluding hydrogens is 198 g/mol. The average Bonchev–Trinajstić information content (AvgIpc) is 2.74. The molecule has 2 nitrogen and oxygen atoms in total. The summed E-state index contributed by atoms with van der Waals surface area (Å²) in [6, 6.07) is 10.3. The summed E-state index contributed by atoms with van der Waals surface area (Å²) in [7, 11) is 0. The van der Waals surface area contributed by atoms with Crippen molar-refractivity contribution < 1.29 is 4.79 Å². The second-order valence-electron chi connectivity index (χ2n) is 4.65. The first-order valence-electron chi connectivity index (χ1n) is 6.09. The fourth-order valence-corrected chi connectivity index (χ4v) is 2.49. The number of Topliss-reactive ketones (excluding diaryl/α,β-unsaturated/α-hetero) is 1. The Bertz CT molecular complexity index is 347. The van der Waals surface area contributed by atoms with Gasteiger partial charge >= 0.3 is 0 Å². The second-order valence-corrected chi connectivity index (χ2v) is 4.65. The first-order valence-corrected chi connectivity index (χ1v) is 6.09. The zero-order chi connectivity index (χ0) is 11.4. The van der Waals surface area contributed by atoms with Gasteiger partial charge in [-0.15, -0.1) is 0 Å². The fraction of sp³-hybridized carbons (Fsp3) is 0.500. The Morgan fingerprint density at radius 1 is 1.25 bits per heavy atom. The van der Waals surface area contributed by atoms with Crippen molar-refractivity contribution in [2.45, 2.75) is 38.1 Å². The smallest absolute Gasteiger partial charge is 0.137 e. The molecule has 1 aromatic carbocycles. The van der Waals surface area contributed by atoms with E-state index in [2.05, 4.69) is 12.1 Å². The number of ketones is 1. The van der Waals surface area contributed by atoms with Crippen molar-refractivity contribution in [3.8, 4) is 0 Å². The Balaban J connectivity index is 1.84. The van der Waals surface area contributed by atoms with E-state index < -0.39 is 0 Å². The van der Waals surface area contributed by atoms with E-state index in [0.717, 1.165) is 25.7 Å². The van der Waals surface area contributed by atoms with Crippen LogP contribution >= 0.6 is 0 Å². The van der Waals surface area contributed by atoms with Crippen LogP contribution in [0.15, 0.2) is 30.3 Å². The summed E-state index contributed by atoms with van der Waals surface area (Å²) >= 11 is 0. The van der Waals surface area contributed by atoms with Gasteiger partial charge in [0.1, 0.15) is 5.78 Å². The molecule has 2 N–H and O–H groups in total. The van der Waals surface area contributed by atoms with E-state index in [4.69, 9.17) is 5.73 Å². The van der Waals surface area contributed by atoms with E-state index in [9.17, 15) is 4.79 Å². The highest BCUT2D eigenvalue weighted by atomic mass is 16.1. The van der Waals surface area contributed by atoms with Crippen LogP contribution in [0.2, 0.25) is 0 Å². The van der Waals surface area contributed by atoms with Crippen molar-refractivity contribution in [3.63, 3.8) is 0 Å². The minimum Gasteiger partial charge on any atom is -0.327 e. The maximum absolute atomic E-state index is 11.9. The van der Waals surface area contributed by atoms with E-state index in [0.29, 0.717) is 12.2 Å². The Morgan fingerprint density at radius 2 is 2.00 bits per heavy atom. The summed E-state index contributed by atoms with van der Waals surface area (Å²) in [5.41, 5.74) is 7.17. The van der Waals surface area contributed by atoms with Crippen molar-refractivity contribution in [3.05, 3.63) is 35.9 Å². The third-order valence-electron chi connectivity index (χ3n) is 3.49. The van der Waals surface area contributed by atoms with Gasteiger partial charge in [-0.25, -0.2) is 0 Å². The molecule has 1 aliphatic carbocycles.